The van der Waals surface area contributed by atoms with Crippen molar-refractivity contribution in [2.45, 2.75) is 46.1 Å². The largest absolute Gasteiger partial charge is 0.338 e. The Morgan fingerprint density at radius 3 is 2.63 bits per heavy atom. The van der Waals surface area contributed by atoms with Crippen LogP contribution in [0.1, 0.15) is 44.2 Å². The Bertz CT molecular complexity index is 492. The quantitative estimate of drug-likeness (QED) is 0.755. The molecule has 0 saturated heterocycles. The zero-order chi connectivity index (χ0) is 13.5. The molecular weight excluding hydrogens is 234 g/mol. The first-order chi connectivity index (χ1) is 9.08. The lowest BCUT2D eigenvalue weighted by Gasteiger charge is -2.45. The summed E-state index contributed by atoms with van der Waals surface area (Å²) in [7, 11) is 0. The van der Waals surface area contributed by atoms with Gasteiger partial charge in [-0.2, -0.15) is 0 Å². The summed E-state index contributed by atoms with van der Waals surface area (Å²) in [6.07, 6.45) is 4.46. The van der Waals surface area contributed by atoms with Gasteiger partial charge in [0.1, 0.15) is 0 Å². The number of hydrogen-bond donors (Lipinski definition) is 0. The molecule has 102 valence electrons. The van der Waals surface area contributed by atoms with Gasteiger partial charge in [0, 0.05) is 19.0 Å². The zero-order valence-electron chi connectivity index (χ0n) is 12.0. The number of nitrogens with zero attached hydrogens (tertiary/aromatic N) is 1. The molecule has 1 fully saturated rings. The lowest BCUT2D eigenvalue weighted by Crippen LogP contribution is -2.47. The summed E-state index contributed by atoms with van der Waals surface area (Å²) >= 11 is 0. The van der Waals surface area contributed by atoms with Crippen molar-refractivity contribution in [1.29, 1.82) is 0 Å². The molecule has 3 rings (SSSR count). The number of carbonyl (C=O) groups excluding carboxylic acids is 1. The maximum atomic E-state index is 12.7. The molecule has 2 aliphatic rings. The van der Waals surface area contributed by atoms with Gasteiger partial charge in [0.25, 0.3) is 0 Å². The minimum Gasteiger partial charge on any atom is -0.338 e. The highest BCUT2D eigenvalue weighted by molar-refractivity contribution is 5.80. The standard InChI is InChI=1S/C17H23NO/c1-17(2)10-9-15(17)16(19)18-11-5-8-13-6-3-4-7-14(13)12-18/h3-4,6-7,15H,5,8-12H2,1-2H3. The monoisotopic (exact) mass is 257 g/mol. The minimum atomic E-state index is 0.211. The highest BCUT2D eigenvalue weighted by atomic mass is 16.2. The molecule has 1 aromatic carbocycles. The Morgan fingerprint density at radius 2 is 2.00 bits per heavy atom. The van der Waals surface area contributed by atoms with Crippen LogP contribution >= 0.6 is 0 Å². The highest BCUT2D eigenvalue weighted by Crippen LogP contribution is 2.47. The maximum Gasteiger partial charge on any atom is 0.226 e. The average molecular weight is 257 g/mol. The molecule has 0 radical (unpaired) electrons. The van der Waals surface area contributed by atoms with Crippen molar-refractivity contribution in [3.05, 3.63) is 35.4 Å². The summed E-state index contributed by atoms with van der Waals surface area (Å²) in [5.74, 6) is 0.630. The molecule has 0 aromatic heterocycles. The van der Waals surface area contributed by atoms with Gasteiger partial charge in [0.2, 0.25) is 5.91 Å². The van der Waals surface area contributed by atoms with Crippen LogP contribution in [-0.4, -0.2) is 17.4 Å². The van der Waals surface area contributed by atoms with Gasteiger partial charge in [-0.1, -0.05) is 38.1 Å². The molecule has 1 aliphatic carbocycles. The molecule has 1 atom stereocenters. The minimum absolute atomic E-state index is 0.211. The summed E-state index contributed by atoms with van der Waals surface area (Å²) < 4.78 is 0. The van der Waals surface area contributed by atoms with Crippen molar-refractivity contribution in [2.24, 2.45) is 11.3 Å². The Hall–Kier alpha value is -1.31. The van der Waals surface area contributed by atoms with Crippen LogP contribution in [0.5, 0.6) is 0 Å². The van der Waals surface area contributed by atoms with E-state index in [2.05, 4.69) is 43.0 Å². The van der Waals surface area contributed by atoms with Crippen molar-refractivity contribution in [1.82, 2.24) is 4.90 Å². The number of rotatable bonds is 1. The second-order valence-corrected chi connectivity index (χ2v) is 6.71. The van der Waals surface area contributed by atoms with Gasteiger partial charge in [0.05, 0.1) is 0 Å². The zero-order valence-corrected chi connectivity index (χ0v) is 12.0. The first-order valence-corrected chi connectivity index (χ1v) is 7.43. The summed E-state index contributed by atoms with van der Waals surface area (Å²) in [6.45, 7) is 6.18. The van der Waals surface area contributed by atoms with Crippen LogP contribution in [0.15, 0.2) is 24.3 Å². The second kappa shape index (κ2) is 4.66. The van der Waals surface area contributed by atoms with Crippen molar-refractivity contribution in [3.8, 4) is 0 Å². The Kier molecular flexibility index (Phi) is 3.12. The van der Waals surface area contributed by atoms with Gasteiger partial charge in [-0.05, 0) is 42.2 Å². The lowest BCUT2D eigenvalue weighted by atomic mass is 9.62. The molecule has 1 heterocycles. The first-order valence-electron chi connectivity index (χ1n) is 7.43. The van der Waals surface area contributed by atoms with Gasteiger partial charge in [-0.15, -0.1) is 0 Å². The van der Waals surface area contributed by atoms with Crippen LogP contribution in [-0.2, 0) is 17.8 Å². The van der Waals surface area contributed by atoms with Gasteiger partial charge in [0.15, 0.2) is 0 Å². The van der Waals surface area contributed by atoms with Crippen LogP contribution < -0.4 is 0 Å². The van der Waals surface area contributed by atoms with Crippen molar-refractivity contribution in [3.63, 3.8) is 0 Å². The Labute approximate surface area is 115 Å². The fraction of sp³-hybridized carbons (Fsp3) is 0.588. The molecule has 1 aliphatic heterocycles. The van der Waals surface area contributed by atoms with E-state index in [0.29, 0.717) is 5.91 Å². The molecule has 2 nitrogen and oxygen atoms in total. The van der Waals surface area contributed by atoms with E-state index < -0.39 is 0 Å². The third-order valence-corrected chi connectivity index (χ3v) is 4.98. The van der Waals surface area contributed by atoms with Crippen molar-refractivity contribution >= 4 is 5.91 Å². The van der Waals surface area contributed by atoms with Crippen LogP contribution in [0.4, 0.5) is 0 Å². The maximum absolute atomic E-state index is 12.7. The summed E-state index contributed by atoms with van der Waals surface area (Å²) in [6, 6.07) is 8.56. The molecule has 0 spiro atoms. The van der Waals surface area contributed by atoms with E-state index in [1.54, 1.807) is 0 Å². The predicted octanol–water partition coefficient (Wildman–Crippen LogP) is 3.40. The van der Waals surface area contributed by atoms with Gasteiger partial charge in [-0.3, -0.25) is 4.79 Å². The van der Waals surface area contributed by atoms with E-state index >= 15 is 0 Å². The number of fused-ring (bicyclic) bond motifs is 1. The van der Waals surface area contributed by atoms with Crippen LogP contribution in [0, 0.1) is 11.3 Å². The number of hydrogen-bond acceptors (Lipinski definition) is 1. The van der Waals surface area contributed by atoms with Gasteiger partial charge in [-0.25, -0.2) is 0 Å². The third-order valence-electron chi connectivity index (χ3n) is 4.98. The SMILES string of the molecule is CC1(C)CCC1C(=O)N1CCCc2ccccc2C1. The number of carbonyl (C=O) groups is 1. The highest BCUT2D eigenvalue weighted by Gasteiger charge is 2.44. The molecule has 1 aromatic rings. The van der Waals surface area contributed by atoms with E-state index in [1.165, 1.54) is 17.5 Å². The lowest BCUT2D eigenvalue weighted by molar-refractivity contribution is -0.146. The summed E-state index contributed by atoms with van der Waals surface area (Å²) in [5.41, 5.74) is 2.97. The van der Waals surface area contributed by atoms with Gasteiger partial charge < -0.3 is 4.90 Å². The molecular formula is C17H23NO. The van der Waals surface area contributed by atoms with Crippen LogP contribution in [0.2, 0.25) is 0 Å². The topological polar surface area (TPSA) is 20.3 Å². The number of amides is 1. The summed E-state index contributed by atoms with van der Waals surface area (Å²) in [5, 5.41) is 0. The molecule has 1 amide bonds. The third kappa shape index (κ3) is 2.29. The fourth-order valence-corrected chi connectivity index (χ4v) is 3.43. The van der Waals surface area contributed by atoms with Crippen LogP contribution in [0.3, 0.4) is 0 Å². The van der Waals surface area contributed by atoms with Crippen molar-refractivity contribution in [2.75, 3.05) is 6.54 Å². The van der Waals surface area contributed by atoms with Gasteiger partial charge >= 0.3 is 0 Å². The first kappa shape index (κ1) is 12.7. The molecule has 2 heteroatoms. The molecule has 0 bridgehead atoms. The molecule has 1 unspecified atom stereocenters. The second-order valence-electron chi connectivity index (χ2n) is 6.71. The fourth-order valence-electron chi connectivity index (χ4n) is 3.43. The predicted molar refractivity (Wildman–Crippen MR) is 76.7 cm³/mol. The number of benzene rings is 1. The molecule has 0 N–H and O–H groups in total. The molecule has 1 saturated carbocycles. The Balaban J connectivity index is 1.78. The smallest absolute Gasteiger partial charge is 0.226 e. The normalized spacial score (nSPS) is 25.2. The van der Waals surface area contributed by atoms with E-state index in [-0.39, 0.29) is 11.3 Å². The molecule has 19 heavy (non-hydrogen) atoms. The van der Waals surface area contributed by atoms with Crippen molar-refractivity contribution < 1.29 is 4.79 Å². The average Bonchev–Trinajstić information content (AvgIpc) is 2.59. The van der Waals surface area contributed by atoms with E-state index in [4.69, 9.17) is 0 Å². The number of aryl methyl sites for hydroxylation is 1. The Morgan fingerprint density at radius 1 is 1.26 bits per heavy atom. The summed E-state index contributed by atoms with van der Waals surface area (Å²) in [4.78, 5) is 14.8. The van der Waals surface area contributed by atoms with E-state index in [0.717, 1.165) is 32.4 Å². The van der Waals surface area contributed by atoms with E-state index in [1.807, 2.05) is 0 Å². The van der Waals surface area contributed by atoms with E-state index in [9.17, 15) is 4.79 Å². The van der Waals surface area contributed by atoms with Crippen LogP contribution in [0.25, 0.3) is 0 Å².